The zero-order chi connectivity index (χ0) is 17.1. The van der Waals surface area contributed by atoms with Gasteiger partial charge in [0.15, 0.2) is 11.5 Å². The summed E-state index contributed by atoms with van der Waals surface area (Å²) in [6.07, 6.45) is 0. The molecule has 2 aromatic rings. The average Bonchev–Trinajstić information content (AvgIpc) is 2.58. The molecule has 0 aromatic heterocycles. The molecular weight excluding hydrogens is 349 g/mol. The summed E-state index contributed by atoms with van der Waals surface area (Å²) < 4.78 is 16.7. The maximum atomic E-state index is 6.27. The van der Waals surface area contributed by atoms with E-state index >= 15 is 0 Å². The van der Waals surface area contributed by atoms with Crippen LogP contribution in [0, 0.1) is 0 Å². The molecule has 1 heterocycles. The molecule has 24 heavy (non-hydrogen) atoms. The third-order valence-electron chi connectivity index (χ3n) is 3.93. The van der Waals surface area contributed by atoms with Gasteiger partial charge in [-0.25, -0.2) is 0 Å². The van der Waals surface area contributed by atoms with Gasteiger partial charge in [0.05, 0.1) is 7.11 Å². The lowest BCUT2D eigenvalue weighted by Gasteiger charge is -2.22. The minimum absolute atomic E-state index is 0.0777. The first-order valence-electron chi connectivity index (χ1n) is 7.73. The van der Waals surface area contributed by atoms with E-state index in [0.29, 0.717) is 41.3 Å². The number of fused-ring (bicyclic) bond motifs is 1. The number of halogens is 2. The van der Waals surface area contributed by atoms with Gasteiger partial charge < -0.3 is 19.5 Å². The van der Waals surface area contributed by atoms with Crippen LogP contribution < -0.4 is 19.5 Å². The molecule has 2 aromatic carbocycles. The van der Waals surface area contributed by atoms with Crippen molar-refractivity contribution < 1.29 is 14.2 Å². The Morgan fingerprint density at radius 1 is 1.17 bits per heavy atom. The highest BCUT2D eigenvalue weighted by molar-refractivity contribution is 6.35. The van der Waals surface area contributed by atoms with Crippen molar-refractivity contribution >= 4 is 23.2 Å². The monoisotopic (exact) mass is 367 g/mol. The summed E-state index contributed by atoms with van der Waals surface area (Å²) in [6, 6.07) is 9.54. The van der Waals surface area contributed by atoms with Crippen molar-refractivity contribution in [1.82, 2.24) is 5.32 Å². The zero-order valence-electron chi connectivity index (χ0n) is 13.6. The van der Waals surface area contributed by atoms with Crippen LogP contribution >= 0.6 is 23.2 Å². The Balaban J connectivity index is 1.74. The van der Waals surface area contributed by atoms with Crippen molar-refractivity contribution in [3.05, 3.63) is 51.5 Å². The molecule has 128 valence electrons. The predicted octanol–water partition coefficient (Wildman–Crippen LogP) is 4.62. The number of hydrogen-bond acceptors (Lipinski definition) is 4. The second kappa shape index (κ2) is 7.51. The summed E-state index contributed by atoms with van der Waals surface area (Å²) >= 11 is 12.2. The first-order valence-corrected chi connectivity index (χ1v) is 8.49. The fourth-order valence-corrected chi connectivity index (χ4v) is 3.24. The van der Waals surface area contributed by atoms with Crippen molar-refractivity contribution in [2.75, 3.05) is 20.3 Å². The summed E-state index contributed by atoms with van der Waals surface area (Å²) in [5.41, 5.74) is 2.05. The van der Waals surface area contributed by atoms with E-state index in [-0.39, 0.29) is 6.04 Å². The van der Waals surface area contributed by atoms with Gasteiger partial charge in [-0.1, -0.05) is 29.3 Å². The van der Waals surface area contributed by atoms with Crippen LogP contribution in [0.15, 0.2) is 30.3 Å². The fourth-order valence-electron chi connectivity index (χ4n) is 2.66. The summed E-state index contributed by atoms with van der Waals surface area (Å²) in [6.45, 7) is 3.79. The van der Waals surface area contributed by atoms with Gasteiger partial charge in [0.2, 0.25) is 5.75 Å². The number of benzene rings is 2. The van der Waals surface area contributed by atoms with E-state index < -0.39 is 0 Å². The number of hydrogen-bond donors (Lipinski definition) is 1. The average molecular weight is 368 g/mol. The van der Waals surface area contributed by atoms with Crippen LogP contribution in [0.3, 0.4) is 0 Å². The van der Waals surface area contributed by atoms with Gasteiger partial charge >= 0.3 is 0 Å². The van der Waals surface area contributed by atoms with E-state index in [1.165, 1.54) is 0 Å². The quantitative estimate of drug-likeness (QED) is 0.836. The van der Waals surface area contributed by atoms with E-state index in [0.717, 1.165) is 16.9 Å². The zero-order valence-corrected chi connectivity index (χ0v) is 15.1. The van der Waals surface area contributed by atoms with E-state index in [2.05, 4.69) is 12.2 Å². The van der Waals surface area contributed by atoms with Gasteiger partial charge in [-0.3, -0.25) is 0 Å². The van der Waals surface area contributed by atoms with Crippen LogP contribution in [-0.2, 0) is 6.54 Å². The third kappa shape index (κ3) is 3.72. The Morgan fingerprint density at radius 3 is 2.71 bits per heavy atom. The molecule has 0 amide bonds. The van der Waals surface area contributed by atoms with Gasteiger partial charge in [0, 0.05) is 22.6 Å². The van der Waals surface area contributed by atoms with Gasteiger partial charge in [-0.05, 0) is 42.3 Å². The minimum Gasteiger partial charge on any atom is -0.493 e. The van der Waals surface area contributed by atoms with Gasteiger partial charge in [0.25, 0.3) is 0 Å². The smallest absolute Gasteiger partial charge is 0.203 e. The fraction of sp³-hybridized carbons (Fsp3) is 0.333. The summed E-state index contributed by atoms with van der Waals surface area (Å²) in [5, 5.41) is 4.74. The Labute approximate surface area is 151 Å². The molecule has 1 atom stereocenters. The van der Waals surface area contributed by atoms with Crippen molar-refractivity contribution in [3.63, 3.8) is 0 Å². The second-order valence-corrected chi connectivity index (χ2v) is 6.43. The lowest BCUT2D eigenvalue weighted by atomic mass is 10.1. The van der Waals surface area contributed by atoms with Crippen LogP contribution in [0.4, 0.5) is 0 Å². The summed E-state index contributed by atoms with van der Waals surface area (Å²) in [4.78, 5) is 0. The largest absolute Gasteiger partial charge is 0.493 e. The van der Waals surface area contributed by atoms with Crippen LogP contribution in [0.25, 0.3) is 0 Å². The highest BCUT2D eigenvalue weighted by Gasteiger charge is 2.19. The van der Waals surface area contributed by atoms with Crippen molar-refractivity contribution in [1.29, 1.82) is 0 Å². The molecule has 0 radical (unpaired) electrons. The standard InChI is InChI=1S/C18H19Cl2NO3/c1-11(14-4-3-13(19)9-15(14)20)21-10-12-7-16(22-2)18-17(8-12)23-5-6-24-18/h3-4,7-9,11,21H,5-6,10H2,1-2H3. The Bertz CT molecular complexity index is 719. The predicted molar refractivity (Wildman–Crippen MR) is 95.7 cm³/mol. The SMILES string of the molecule is COc1cc(CNC(C)c2ccc(Cl)cc2Cl)cc2c1OCCO2. The summed E-state index contributed by atoms with van der Waals surface area (Å²) in [7, 11) is 1.63. The molecule has 6 heteroatoms. The lowest BCUT2D eigenvalue weighted by molar-refractivity contribution is 0.165. The molecule has 3 rings (SSSR count). The van der Waals surface area contributed by atoms with Crippen LogP contribution in [0.1, 0.15) is 24.1 Å². The molecule has 0 spiro atoms. The first-order chi connectivity index (χ1) is 11.6. The van der Waals surface area contributed by atoms with Crippen molar-refractivity contribution in [2.24, 2.45) is 0 Å². The molecule has 0 bridgehead atoms. The minimum atomic E-state index is 0.0777. The van der Waals surface area contributed by atoms with Crippen LogP contribution in [0.5, 0.6) is 17.2 Å². The van der Waals surface area contributed by atoms with Crippen LogP contribution in [-0.4, -0.2) is 20.3 Å². The van der Waals surface area contributed by atoms with Crippen molar-refractivity contribution in [3.8, 4) is 17.2 Å². The molecule has 1 aliphatic heterocycles. The highest BCUT2D eigenvalue weighted by Crippen LogP contribution is 2.40. The van der Waals surface area contributed by atoms with E-state index in [1.54, 1.807) is 13.2 Å². The third-order valence-corrected chi connectivity index (χ3v) is 4.49. The summed E-state index contributed by atoms with van der Waals surface area (Å²) in [5.74, 6) is 2.07. The van der Waals surface area contributed by atoms with E-state index in [4.69, 9.17) is 37.4 Å². The number of ether oxygens (including phenoxy) is 3. The van der Waals surface area contributed by atoms with Crippen LogP contribution in [0.2, 0.25) is 10.0 Å². The molecule has 1 N–H and O–H groups in total. The molecule has 0 fully saturated rings. The maximum Gasteiger partial charge on any atom is 0.203 e. The molecule has 1 aliphatic rings. The Morgan fingerprint density at radius 2 is 1.96 bits per heavy atom. The van der Waals surface area contributed by atoms with E-state index in [9.17, 15) is 0 Å². The molecule has 4 nitrogen and oxygen atoms in total. The number of rotatable bonds is 5. The topological polar surface area (TPSA) is 39.7 Å². The number of nitrogens with one attached hydrogen (secondary N) is 1. The Hall–Kier alpha value is -1.62. The first kappa shape index (κ1) is 17.2. The second-order valence-electron chi connectivity index (χ2n) is 5.59. The molecule has 0 saturated heterocycles. The molecule has 0 aliphatic carbocycles. The van der Waals surface area contributed by atoms with Crippen molar-refractivity contribution in [2.45, 2.75) is 19.5 Å². The molecular formula is C18H19Cl2NO3. The van der Waals surface area contributed by atoms with E-state index in [1.807, 2.05) is 24.3 Å². The number of methoxy groups -OCH3 is 1. The molecule has 1 unspecified atom stereocenters. The maximum absolute atomic E-state index is 6.27. The highest BCUT2D eigenvalue weighted by atomic mass is 35.5. The van der Waals surface area contributed by atoms with Gasteiger partial charge in [0.1, 0.15) is 13.2 Å². The van der Waals surface area contributed by atoms with Gasteiger partial charge in [-0.15, -0.1) is 0 Å². The Kier molecular flexibility index (Phi) is 5.39. The lowest BCUT2D eigenvalue weighted by Crippen LogP contribution is -2.20. The molecule has 0 saturated carbocycles. The van der Waals surface area contributed by atoms with Gasteiger partial charge in [-0.2, -0.15) is 0 Å². The normalized spacial score (nSPS) is 14.3.